The molecule has 1 aromatic rings. The monoisotopic (exact) mass is 295 g/mol. The van der Waals surface area contributed by atoms with Crippen LogP contribution in [-0.2, 0) is 6.42 Å². The van der Waals surface area contributed by atoms with Gasteiger partial charge in [0, 0.05) is 29.4 Å². The molecule has 1 aliphatic carbocycles. The van der Waals surface area contributed by atoms with Crippen LogP contribution in [-0.4, -0.2) is 27.3 Å². The highest BCUT2D eigenvalue weighted by molar-refractivity contribution is 5.45. The van der Waals surface area contributed by atoms with Gasteiger partial charge in [0.2, 0.25) is 0 Å². The third kappa shape index (κ3) is 2.13. The largest absolute Gasteiger partial charge is 0.506 e. The van der Waals surface area contributed by atoms with E-state index in [2.05, 4.69) is 4.98 Å². The van der Waals surface area contributed by atoms with Gasteiger partial charge in [-0.3, -0.25) is 4.98 Å². The van der Waals surface area contributed by atoms with Gasteiger partial charge < -0.3 is 10.2 Å². The molecule has 0 spiro atoms. The number of aliphatic hydroxyl groups is 2. The van der Waals surface area contributed by atoms with Crippen LogP contribution in [0.3, 0.4) is 0 Å². The third-order valence-electron chi connectivity index (χ3n) is 3.12. The van der Waals surface area contributed by atoms with Crippen molar-refractivity contribution in [3.8, 4) is 0 Å². The average molecular weight is 295 g/mol. The Hall–Kier alpha value is -1.70. The molecule has 0 fully saturated rings. The van der Waals surface area contributed by atoms with E-state index in [9.17, 15) is 32.2 Å². The number of hydrogen-bond acceptors (Lipinski definition) is 3. The minimum absolute atomic E-state index is 0.120. The van der Waals surface area contributed by atoms with Crippen molar-refractivity contribution in [2.45, 2.75) is 31.5 Å². The quantitative estimate of drug-likeness (QED) is 0.618. The number of hydrogen-bond donors (Lipinski definition) is 2. The Labute approximate surface area is 110 Å². The summed E-state index contributed by atoms with van der Waals surface area (Å²) in [6.45, 7) is 1.61. The van der Waals surface area contributed by atoms with E-state index < -0.39 is 29.5 Å². The molecule has 1 unspecified atom stereocenters. The van der Waals surface area contributed by atoms with Gasteiger partial charge in [-0.2, -0.15) is 22.0 Å². The van der Waals surface area contributed by atoms with Gasteiger partial charge in [0.1, 0.15) is 6.10 Å². The predicted octanol–water partition coefficient (Wildman–Crippen LogP) is 2.99. The maximum absolute atomic E-state index is 13.1. The highest BCUT2D eigenvalue weighted by Crippen LogP contribution is 2.45. The summed E-state index contributed by atoms with van der Waals surface area (Å²) in [5, 5.41) is 19.0. The summed E-state index contributed by atoms with van der Waals surface area (Å²) >= 11 is 0. The number of allylic oxidation sites excluding steroid dienone is 1. The normalized spacial score (nSPS) is 21.9. The van der Waals surface area contributed by atoms with Gasteiger partial charge in [0.15, 0.2) is 5.76 Å². The Bertz CT molecular complexity index is 580. The van der Waals surface area contributed by atoms with E-state index in [0.29, 0.717) is 11.3 Å². The second-order valence-corrected chi connectivity index (χ2v) is 4.55. The van der Waals surface area contributed by atoms with Crippen LogP contribution in [0.1, 0.15) is 22.9 Å². The number of halogens is 5. The lowest BCUT2D eigenvalue weighted by Gasteiger charge is -2.21. The molecule has 2 rings (SSSR count). The van der Waals surface area contributed by atoms with E-state index in [1.165, 1.54) is 12.3 Å². The molecule has 2 N–H and O–H groups in total. The highest BCUT2D eigenvalue weighted by Gasteiger charge is 2.62. The summed E-state index contributed by atoms with van der Waals surface area (Å²) in [6, 6.07) is 1.46. The number of fused-ring (bicyclic) bond motifs is 1. The molecule has 3 nitrogen and oxygen atoms in total. The van der Waals surface area contributed by atoms with Crippen molar-refractivity contribution in [1.82, 2.24) is 4.98 Å². The summed E-state index contributed by atoms with van der Waals surface area (Å²) in [5.74, 6) is -7.54. The summed E-state index contributed by atoms with van der Waals surface area (Å²) in [4.78, 5) is 3.83. The van der Waals surface area contributed by atoms with Gasteiger partial charge >= 0.3 is 12.1 Å². The van der Waals surface area contributed by atoms with Crippen LogP contribution in [0.4, 0.5) is 22.0 Å². The molecule has 0 aromatic carbocycles. The van der Waals surface area contributed by atoms with E-state index >= 15 is 0 Å². The van der Waals surface area contributed by atoms with Crippen LogP contribution < -0.4 is 0 Å². The Morgan fingerprint density at radius 3 is 2.45 bits per heavy atom. The maximum atomic E-state index is 13.1. The molecule has 0 saturated heterocycles. The molecule has 110 valence electrons. The average Bonchev–Trinajstić information content (AvgIpc) is 2.63. The van der Waals surface area contributed by atoms with E-state index in [-0.39, 0.29) is 12.0 Å². The minimum Gasteiger partial charge on any atom is -0.506 e. The first kappa shape index (κ1) is 14.7. The topological polar surface area (TPSA) is 53.4 Å². The number of aliphatic hydroxyl groups excluding tert-OH is 2. The Balaban J connectivity index is 2.48. The molecule has 0 radical (unpaired) electrons. The summed E-state index contributed by atoms with van der Waals surface area (Å²) in [6.07, 6.45) is -6.82. The molecule has 1 aromatic heterocycles. The van der Waals surface area contributed by atoms with Crippen LogP contribution in [0.15, 0.2) is 23.6 Å². The first-order valence-corrected chi connectivity index (χ1v) is 5.56. The number of alkyl halides is 5. The van der Waals surface area contributed by atoms with Gasteiger partial charge in [-0.25, -0.2) is 0 Å². The fraction of sp³-hybridized carbons (Fsp3) is 0.417. The standard InChI is InChI=1S/C12H10F5NO2/c1-5-2-6-3-7(9(19)8(6)4-18-5)10(20)11(13,14)12(15,16)17/h2,4,9,19-20H,3H2,1H3/b10-7-. The first-order valence-electron chi connectivity index (χ1n) is 5.56. The van der Waals surface area contributed by atoms with Crippen molar-refractivity contribution in [3.63, 3.8) is 0 Å². The second kappa shape index (κ2) is 4.41. The SMILES string of the molecule is Cc1cc2c(cn1)C(O)/C(=C(\O)C(F)(F)C(F)(F)F)C2. The molecule has 0 amide bonds. The van der Waals surface area contributed by atoms with Crippen LogP contribution in [0.25, 0.3) is 0 Å². The molecular formula is C12H10F5NO2. The molecule has 0 bridgehead atoms. The Morgan fingerprint density at radius 2 is 1.90 bits per heavy atom. The summed E-state index contributed by atoms with van der Waals surface area (Å²) in [7, 11) is 0. The van der Waals surface area contributed by atoms with Crippen molar-refractivity contribution in [3.05, 3.63) is 40.4 Å². The van der Waals surface area contributed by atoms with Crippen molar-refractivity contribution in [2.24, 2.45) is 0 Å². The molecule has 1 heterocycles. The number of aryl methyl sites for hydroxylation is 1. The summed E-state index contributed by atoms with van der Waals surface area (Å²) in [5.41, 5.74) is 0.258. The fourth-order valence-electron chi connectivity index (χ4n) is 2.07. The molecular weight excluding hydrogens is 285 g/mol. The number of pyridine rings is 1. The second-order valence-electron chi connectivity index (χ2n) is 4.55. The molecule has 0 saturated carbocycles. The first-order chi connectivity index (χ1) is 9.05. The van der Waals surface area contributed by atoms with E-state index in [1.54, 1.807) is 6.92 Å². The van der Waals surface area contributed by atoms with Crippen molar-refractivity contribution < 1.29 is 32.2 Å². The van der Waals surface area contributed by atoms with Gasteiger partial charge in [-0.1, -0.05) is 0 Å². The van der Waals surface area contributed by atoms with Gasteiger partial charge in [0.25, 0.3) is 0 Å². The molecule has 1 aliphatic rings. The number of rotatable bonds is 1. The van der Waals surface area contributed by atoms with Crippen molar-refractivity contribution in [1.29, 1.82) is 0 Å². The molecule has 8 heteroatoms. The third-order valence-corrected chi connectivity index (χ3v) is 3.12. The van der Waals surface area contributed by atoms with Gasteiger partial charge in [-0.15, -0.1) is 0 Å². The van der Waals surface area contributed by atoms with Crippen LogP contribution >= 0.6 is 0 Å². The number of aromatic nitrogens is 1. The molecule has 1 atom stereocenters. The molecule has 0 aliphatic heterocycles. The Kier molecular flexibility index (Phi) is 3.24. The fourth-order valence-corrected chi connectivity index (χ4v) is 2.07. The number of nitrogens with zero attached hydrogens (tertiary/aromatic N) is 1. The van der Waals surface area contributed by atoms with Gasteiger partial charge in [0.05, 0.1) is 0 Å². The lowest BCUT2D eigenvalue weighted by atomic mass is 10.1. The summed E-state index contributed by atoms with van der Waals surface area (Å²) < 4.78 is 62.8. The highest BCUT2D eigenvalue weighted by atomic mass is 19.4. The lowest BCUT2D eigenvalue weighted by molar-refractivity contribution is -0.275. The molecule has 20 heavy (non-hydrogen) atoms. The van der Waals surface area contributed by atoms with Crippen LogP contribution in [0, 0.1) is 6.92 Å². The van der Waals surface area contributed by atoms with Crippen molar-refractivity contribution in [2.75, 3.05) is 0 Å². The maximum Gasteiger partial charge on any atom is 0.461 e. The predicted molar refractivity (Wildman–Crippen MR) is 58.3 cm³/mol. The Morgan fingerprint density at radius 1 is 1.30 bits per heavy atom. The zero-order valence-corrected chi connectivity index (χ0v) is 10.2. The van der Waals surface area contributed by atoms with Gasteiger partial charge in [-0.05, 0) is 18.6 Å². The van der Waals surface area contributed by atoms with Crippen LogP contribution in [0.2, 0.25) is 0 Å². The lowest BCUT2D eigenvalue weighted by Crippen LogP contribution is -2.39. The minimum atomic E-state index is -5.92. The van der Waals surface area contributed by atoms with Crippen LogP contribution in [0.5, 0.6) is 0 Å². The van der Waals surface area contributed by atoms with E-state index in [1.807, 2.05) is 0 Å². The van der Waals surface area contributed by atoms with E-state index in [4.69, 9.17) is 0 Å². The van der Waals surface area contributed by atoms with Crippen molar-refractivity contribution >= 4 is 0 Å². The zero-order chi connectivity index (χ0) is 15.3. The zero-order valence-electron chi connectivity index (χ0n) is 10.2. The van der Waals surface area contributed by atoms with E-state index in [0.717, 1.165) is 0 Å². The smallest absolute Gasteiger partial charge is 0.461 e.